The van der Waals surface area contributed by atoms with Gasteiger partial charge in [0.25, 0.3) is 0 Å². The smallest absolute Gasteiger partial charge is 0.368 e. The van der Waals surface area contributed by atoms with E-state index in [1.165, 1.54) is 24.5 Å². The van der Waals surface area contributed by atoms with Crippen LogP contribution in [-0.4, -0.2) is 71.2 Å². The van der Waals surface area contributed by atoms with Crippen molar-refractivity contribution in [3.05, 3.63) is 48.3 Å². The molecule has 0 atom stereocenters. The number of anilines is 1. The number of piperazine rings is 1. The lowest BCUT2D eigenvalue weighted by molar-refractivity contribution is -0.141. The zero-order chi connectivity index (χ0) is 21.0. The SMILES string of the molecule is CN(CC(=O)N1CCN(c2ccc(F)cc2)CC1)Cc1nccn1CC(F)(F)F. The Labute approximate surface area is 166 Å². The molecule has 2 aromatic rings. The maximum atomic E-state index is 13.0. The summed E-state index contributed by atoms with van der Waals surface area (Å²) in [6.45, 7) is 1.48. The fraction of sp³-hybridized carbons (Fsp3) is 0.474. The molecule has 1 saturated heterocycles. The highest BCUT2D eigenvalue weighted by atomic mass is 19.4. The quantitative estimate of drug-likeness (QED) is 0.683. The molecule has 158 valence electrons. The molecule has 1 aromatic carbocycles. The third kappa shape index (κ3) is 5.93. The van der Waals surface area contributed by atoms with Crippen molar-refractivity contribution in [1.29, 1.82) is 0 Å². The molecule has 1 aliphatic rings. The monoisotopic (exact) mass is 413 g/mol. The highest BCUT2D eigenvalue weighted by Crippen LogP contribution is 2.19. The van der Waals surface area contributed by atoms with Crippen LogP contribution in [-0.2, 0) is 17.9 Å². The Morgan fingerprint density at radius 2 is 1.79 bits per heavy atom. The van der Waals surface area contributed by atoms with Crippen LogP contribution in [0.3, 0.4) is 0 Å². The molecule has 1 aliphatic heterocycles. The fourth-order valence-electron chi connectivity index (χ4n) is 3.32. The molecule has 0 radical (unpaired) electrons. The van der Waals surface area contributed by atoms with E-state index < -0.39 is 12.7 Å². The van der Waals surface area contributed by atoms with Crippen LogP contribution in [0.1, 0.15) is 5.82 Å². The van der Waals surface area contributed by atoms with Crippen LogP contribution in [0.2, 0.25) is 0 Å². The van der Waals surface area contributed by atoms with Gasteiger partial charge in [0.05, 0.1) is 13.1 Å². The average molecular weight is 413 g/mol. The summed E-state index contributed by atoms with van der Waals surface area (Å²) >= 11 is 0. The number of amides is 1. The first-order valence-electron chi connectivity index (χ1n) is 9.25. The molecule has 0 spiro atoms. The zero-order valence-electron chi connectivity index (χ0n) is 16.1. The lowest BCUT2D eigenvalue weighted by Gasteiger charge is -2.36. The number of imidazole rings is 1. The summed E-state index contributed by atoms with van der Waals surface area (Å²) in [5.41, 5.74) is 0.909. The van der Waals surface area contributed by atoms with Gasteiger partial charge in [-0.3, -0.25) is 9.69 Å². The minimum atomic E-state index is -4.33. The summed E-state index contributed by atoms with van der Waals surface area (Å²) < 4.78 is 51.9. The van der Waals surface area contributed by atoms with Crippen LogP contribution in [0.5, 0.6) is 0 Å². The highest BCUT2D eigenvalue weighted by Gasteiger charge is 2.29. The van der Waals surface area contributed by atoms with E-state index in [1.807, 2.05) is 0 Å². The number of likely N-dealkylation sites (N-methyl/N-ethyl adjacent to an activating group) is 1. The molecule has 0 unspecified atom stereocenters. The second-order valence-electron chi connectivity index (χ2n) is 7.10. The number of hydrogen-bond donors (Lipinski definition) is 0. The van der Waals surface area contributed by atoms with Crippen molar-refractivity contribution in [3.63, 3.8) is 0 Å². The summed E-state index contributed by atoms with van der Waals surface area (Å²) in [4.78, 5) is 22.0. The van der Waals surface area contributed by atoms with Crippen LogP contribution < -0.4 is 4.90 Å². The van der Waals surface area contributed by atoms with Gasteiger partial charge in [-0.05, 0) is 31.3 Å². The van der Waals surface area contributed by atoms with Gasteiger partial charge in [-0.15, -0.1) is 0 Å². The van der Waals surface area contributed by atoms with Crippen molar-refractivity contribution in [2.24, 2.45) is 0 Å². The maximum absolute atomic E-state index is 13.0. The molecule has 0 aliphatic carbocycles. The van der Waals surface area contributed by atoms with Gasteiger partial charge in [0.15, 0.2) is 0 Å². The fourth-order valence-corrected chi connectivity index (χ4v) is 3.32. The van der Waals surface area contributed by atoms with Crippen molar-refractivity contribution in [3.8, 4) is 0 Å². The molecule has 0 bridgehead atoms. The van der Waals surface area contributed by atoms with Crippen LogP contribution in [0.25, 0.3) is 0 Å². The first kappa shape index (κ1) is 21.1. The predicted molar refractivity (Wildman–Crippen MR) is 99.8 cm³/mol. The van der Waals surface area contributed by atoms with Gasteiger partial charge < -0.3 is 14.4 Å². The maximum Gasteiger partial charge on any atom is 0.406 e. The minimum absolute atomic E-state index is 0.0832. The van der Waals surface area contributed by atoms with Crippen molar-refractivity contribution in [2.45, 2.75) is 19.3 Å². The van der Waals surface area contributed by atoms with Gasteiger partial charge in [0.1, 0.15) is 18.2 Å². The molecule has 1 fully saturated rings. The zero-order valence-corrected chi connectivity index (χ0v) is 16.1. The number of aromatic nitrogens is 2. The Bertz CT molecular complexity index is 813. The first-order valence-corrected chi connectivity index (χ1v) is 9.25. The predicted octanol–water partition coefficient (Wildman–Crippen LogP) is 2.37. The molecule has 0 saturated carbocycles. The van der Waals surface area contributed by atoms with Crippen molar-refractivity contribution in [1.82, 2.24) is 19.4 Å². The largest absolute Gasteiger partial charge is 0.406 e. The van der Waals surface area contributed by atoms with Gasteiger partial charge >= 0.3 is 6.18 Å². The van der Waals surface area contributed by atoms with Crippen LogP contribution in [0.15, 0.2) is 36.7 Å². The van der Waals surface area contributed by atoms with Gasteiger partial charge in [0.2, 0.25) is 5.91 Å². The van der Waals surface area contributed by atoms with E-state index in [0.29, 0.717) is 26.2 Å². The van der Waals surface area contributed by atoms with E-state index >= 15 is 0 Å². The van der Waals surface area contributed by atoms with E-state index in [0.717, 1.165) is 10.3 Å². The Kier molecular flexibility index (Phi) is 6.41. The van der Waals surface area contributed by atoms with E-state index in [1.54, 1.807) is 29.0 Å². The van der Waals surface area contributed by atoms with Crippen LogP contribution >= 0.6 is 0 Å². The van der Waals surface area contributed by atoms with Crippen molar-refractivity contribution < 1.29 is 22.4 Å². The van der Waals surface area contributed by atoms with Gasteiger partial charge in [-0.2, -0.15) is 13.2 Å². The molecular weight excluding hydrogens is 390 g/mol. The normalized spacial score (nSPS) is 15.2. The number of nitrogens with zero attached hydrogens (tertiary/aromatic N) is 5. The molecule has 1 amide bonds. The Morgan fingerprint density at radius 3 is 2.41 bits per heavy atom. The van der Waals surface area contributed by atoms with Crippen molar-refractivity contribution in [2.75, 3.05) is 44.7 Å². The number of carbonyl (C=O) groups excluding carboxylic acids is 1. The summed E-state index contributed by atoms with van der Waals surface area (Å²) in [7, 11) is 1.68. The van der Waals surface area contributed by atoms with E-state index in [4.69, 9.17) is 0 Å². The van der Waals surface area contributed by atoms with Crippen molar-refractivity contribution >= 4 is 11.6 Å². The third-order valence-corrected chi connectivity index (χ3v) is 4.79. The summed E-state index contributed by atoms with van der Waals surface area (Å²) in [6, 6.07) is 6.24. The second-order valence-corrected chi connectivity index (χ2v) is 7.10. The molecule has 3 rings (SSSR count). The number of carbonyl (C=O) groups is 1. The minimum Gasteiger partial charge on any atom is -0.368 e. The first-order chi connectivity index (χ1) is 13.7. The summed E-state index contributed by atoms with van der Waals surface area (Å²) in [5, 5.41) is 0. The average Bonchev–Trinajstić information content (AvgIpc) is 3.07. The van der Waals surface area contributed by atoms with E-state index in [2.05, 4.69) is 9.88 Å². The summed E-state index contributed by atoms with van der Waals surface area (Å²) in [6.07, 6.45) is -1.72. The van der Waals surface area contributed by atoms with Gasteiger partial charge in [-0.25, -0.2) is 9.37 Å². The molecule has 10 heteroatoms. The Hall–Kier alpha value is -2.62. The van der Waals surface area contributed by atoms with Crippen LogP contribution in [0, 0.1) is 5.82 Å². The van der Waals surface area contributed by atoms with Gasteiger partial charge in [-0.1, -0.05) is 0 Å². The number of benzene rings is 1. The Balaban J connectivity index is 1.48. The molecule has 0 N–H and O–H groups in total. The molecule has 1 aromatic heterocycles. The van der Waals surface area contributed by atoms with E-state index in [-0.39, 0.29) is 30.6 Å². The summed E-state index contributed by atoms with van der Waals surface area (Å²) in [5.74, 6) is -0.111. The topological polar surface area (TPSA) is 44.6 Å². The van der Waals surface area contributed by atoms with Crippen LogP contribution in [0.4, 0.5) is 23.2 Å². The van der Waals surface area contributed by atoms with Gasteiger partial charge in [0, 0.05) is 44.3 Å². The van der Waals surface area contributed by atoms with E-state index in [9.17, 15) is 22.4 Å². The molecular formula is C19H23F4N5O. The number of hydrogen-bond acceptors (Lipinski definition) is 4. The molecule has 29 heavy (non-hydrogen) atoms. The highest BCUT2D eigenvalue weighted by molar-refractivity contribution is 5.78. The number of alkyl halides is 3. The standard InChI is InChI=1S/C19H23F4N5O/c1-25(12-17-24-6-7-28(17)14-19(21,22)23)13-18(29)27-10-8-26(9-11-27)16-4-2-15(20)3-5-16/h2-7H,8-14H2,1H3. The number of halogens is 4. The third-order valence-electron chi connectivity index (χ3n) is 4.79. The Morgan fingerprint density at radius 1 is 1.14 bits per heavy atom. The lowest BCUT2D eigenvalue weighted by Crippen LogP contribution is -2.51. The molecule has 2 heterocycles. The molecule has 6 nitrogen and oxygen atoms in total. The number of rotatable bonds is 6. The lowest BCUT2D eigenvalue weighted by atomic mass is 10.2. The second kappa shape index (κ2) is 8.81.